The van der Waals surface area contributed by atoms with E-state index in [2.05, 4.69) is 15.9 Å². The number of hydrogen-bond donors (Lipinski definition) is 2. The summed E-state index contributed by atoms with van der Waals surface area (Å²) in [5.41, 5.74) is -0.286. The molecule has 0 saturated carbocycles. The van der Waals surface area contributed by atoms with Crippen molar-refractivity contribution in [2.75, 3.05) is 0 Å². The molecule has 0 aliphatic carbocycles. The van der Waals surface area contributed by atoms with Crippen molar-refractivity contribution in [2.45, 2.75) is 0 Å². The lowest BCUT2D eigenvalue weighted by atomic mass is 10.2. The second-order valence-corrected chi connectivity index (χ2v) is 3.29. The minimum absolute atomic E-state index is 0.00231. The van der Waals surface area contributed by atoms with Crippen LogP contribution in [0.4, 0.5) is 0 Å². The highest BCUT2D eigenvalue weighted by molar-refractivity contribution is 9.10. The van der Waals surface area contributed by atoms with Crippen LogP contribution in [0.3, 0.4) is 0 Å². The molecule has 0 heterocycles. The molecule has 0 saturated heterocycles. The Morgan fingerprint density at radius 3 is 2.50 bits per heavy atom. The van der Waals surface area contributed by atoms with Crippen LogP contribution in [0, 0.1) is 0 Å². The van der Waals surface area contributed by atoms with Gasteiger partial charge in [0.25, 0.3) is 0 Å². The number of carbonyl (C=O) groups is 1. The van der Waals surface area contributed by atoms with Crippen molar-refractivity contribution in [1.82, 2.24) is 0 Å². The first-order chi connectivity index (χ1) is 5.54. The van der Waals surface area contributed by atoms with Gasteiger partial charge in [-0.3, -0.25) is 0 Å². The van der Waals surface area contributed by atoms with Crippen molar-refractivity contribution in [3.05, 3.63) is 27.2 Å². The molecule has 0 atom stereocenters. The summed E-state index contributed by atoms with van der Waals surface area (Å²) >= 11 is 8.65. The summed E-state index contributed by atoms with van der Waals surface area (Å²) < 4.78 is 0.444. The minimum atomic E-state index is -1.25. The molecule has 1 aromatic rings. The van der Waals surface area contributed by atoms with Gasteiger partial charge in [0.1, 0.15) is 11.3 Å². The summed E-state index contributed by atoms with van der Waals surface area (Å²) in [5.74, 6) is -1.59. The molecule has 0 amide bonds. The standard InChI is InChI=1S/C7H4BrClO3/c8-3-1-2-4(10)5(6(3)9)7(11)12/h1-2,10H,(H,11,12). The first-order valence-electron chi connectivity index (χ1n) is 2.94. The van der Waals surface area contributed by atoms with Crippen LogP contribution in [-0.2, 0) is 0 Å². The molecule has 64 valence electrons. The quantitative estimate of drug-likeness (QED) is 0.806. The lowest BCUT2D eigenvalue weighted by molar-refractivity contribution is 0.0694. The first kappa shape index (κ1) is 9.35. The van der Waals surface area contributed by atoms with Gasteiger partial charge in [0, 0.05) is 4.47 Å². The number of phenols is 1. The van der Waals surface area contributed by atoms with E-state index >= 15 is 0 Å². The summed E-state index contributed by atoms with van der Waals surface area (Å²) in [6.07, 6.45) is 0. The van der Waals surface area contributed by atoms with Crippen molar-refractivity contribution in [1.29, 1.82) is 0 Å². The van der Waals surface area contributed by atoms with Crippen LogP contribution in [0.15, 0.2) is 16.6 Å². The number of benzene rings is 1. The highest BCUT2D eigenvalue weighted by atomic mass is 79.9. The fourth-order valence-electron chi connectivity index (χ4n) is 0.744. The number of rotatable bonds is 1. The zero-order chi connectivity index (χ0) is 9.30. The topological polar surface area (TPSA) is 57.5 Å². The number of hydrogen-bond acceptors (Lipinski definition) is 2. The van der Waals surface area contributed by atoms with Gasteiger partial charge in [-0.2, -0.15) is 0 Å². The van der Waals surface area contributed by atoms with Gasteiger partial charge >= 0.3 is 5.97 Å². The number of carboxylic acids is 1. The Morgan fingerprint density at radius 2 is 2.08 bits per heavy atom. The van der Waals surface area contributed by atoms with Crippen molar-refractivity contribution < 1.29 is 15.0 Å². The number of halogens is 2. The van der Waals surface area contributed by atoms with Gasteiger partial charge in [-0.15, -0.1) is 0 Å². The Morgan fingerprint density at radius 1 is 1.50 bits per heavy atom. The minimum Gasteiger partial charge on any atom is -0.507 e. The third-order valence-corrected chi connectivity index (χ3v) is 2.57. The molecule has 0 aliphatic rings. The van der Waals surface area contributed by atoms with Gasteiger partial charge in [-0.1, -0.05) is 11.6 Å². The van der Waals surface area contributed by atoms with Crippen LogP contribution in [0.25, 0.3) is 0 Å². The molecule has 0 spiro atoms. The van der Waals surface area contributed by atoms with E-state index in [0.717, 1.165) is 0 Å². The second-order valence-electron chi connectivity index (χ2n) is 2.06. The van der Waals surface area contributed by atoms with Gasteiger partial charge in [0.2, 0.25) is 0 Å². The largest absolute Gasteiger partial charge is 0.507 e. The Kier molecular flexibility index (Phi) is 2.59. The molecule has 1 aromatic carbocycles. The van der Waals surface area contributed by atoms with Gasteiger partial charge in [-0.05, 0) is 28.1 Å². The maximum atomic E-state index is 10.5. The molecular weight excluding hydrogens is 247 g/mol. The van der Waals surface area contributed by atoms with Crippen LogP contribution in [-0.4, -0.2) is 16.2 Å². The SMILES string of the molecule is O=C(O)c1c(O)ccc(Br)c1Cl. The van der Waals surface area contributed by atoms with Crippen LogP contribution >= 0.6 is 27.5 Å². The highest BCUT2D eigenvalue weighted by Gasteiger charge is 2.16. The van der Waals surface area contributed by atoms with Crippen molar-refractivity contribution in [3.63, 3.8) is 0 Å². The summed E-state index contributed by atoms with van der Waals surface area (Å²) in [5, 5.41) is 17.7. The fourth-order valence-corrected chi connectivity index (χ4v) is 1.31. The Labute approximate surface area is 81.7 Å². The third kappa shape index (κ3) is 1.54. The Hall–Kier alpha value is -0.740. The van der Waals surface area contributed by atoms with E-state index in [1.807, 2.05) is 0 Å². The monoisotopic (exact) mass is 250 g/mol. The molecule has 2 N–H and O–H groups in total. The van der Waals surface area contributed by atoms with Crippen molar-refractivity contribution in [3.8, 4) is 5.75 Å². The molecule has 0 bridgehead atoms. The van der Waals surface area contributed by atoms with E-state index in [9.17, 15) is 4.79 Å². The zero-order valence-corrected chi connectivity index (χ0v) is 8.06. The summed E-state index contributed by atoms with van der Waals surface area (Å²) in [6, 6.07) is 2.74. The maximum Gasteiger partial charge on any atom is 0.341 e. The van der Waals surface area contributed by atoms with Gasteiger partial charge in [0.15, 0.2) is 0 Å². The lowest BCUT2D eigenvalue weighted by Gasteiger charge is -2.02. The number of aromatic hydroxyl groups is 1. The molecule has 0 aliphatic heterocycles. The van der Waals surface area contributed by atoms with E-state index < -0.39 is 5.97 Å². The molecule has 12 heavy (non-hydrogen) atoms. The van der Waals surface area contributed by atoms with Gasteiger partial charge in [-0.25, -0.2) is 4.79 Å². The number of aromatic carboxylic acids is 1. The molecule has 0 radical (unpaired) electrons. The average Bonchev–Trinajstić information content (AvgIpc) is 1.97. The summed E-state index contributed by atoms with van der Waals surface area (Å²) in [7, 11) is 0. The average molecular weight is 251 g/mol. The molecule has 1 rings (SSSR count). The van der Waals surface area contributed by atoms with Crippen LogP contribution < -0.4 is 0 Å². The van der Waals surface area contributed by atoms with Crippen molar-refractivity contribution >= 4 is 33.5 Å². The second kappa shape index (κ2) is 3.33. The van der Waals surface area contributed by atoms with Gasteiger partial charge < -0.3 is 10.2 Å². The van der Waals surface area contributed by atoms with Crippen LogP contribution in [0.1, 0.15) is 10.4 Å². The molecule has 0 aromatic heterocycles. The smallest absolute Gasteiger partial charge is 0.341 e. The zero-order valence-electron chi connectivity index (χ0n) is 5.71. The number of carboxylic acid groups (broad SMARTS) is 1. The van der Waals surface area contributed by atoms with Crippen LogP contribution in [0.5, 0.6) is 5.75 Å². The van der Waals surface area contributed by atoms with E-state index in [4.69, 9.17) is 21.8 Å². The predicted molar refractivity (Wildman–Crippen MR) is 47.8 cm³/mol. The third-order valence-electron chi connectivity index (χ3n) is 1.29. The lowest BCUT2D eigenvalue weighted by Crippen LogP contribution is -1.98. The first-order valence-corrected chi connectivity index (χ1v) is 4.11. The summed E-state index contributed by atoms with van der Waals surface area (Å²) in [6.45, 7) is 0. The van der Waals surface area contributed by atoms with E-state index in [1.54, 1.807) is 0 Å². The van der Waals surface area contributed by atoms with E-state index in [1.165, 1.54) is 12.1 Å². The highest BCUT2D eigenvalue weighted by Crippen LogP contribution is 2.32. The maximum absolute atomic E-state index is 10.5. The molecule has 0 fully saturated rings. The van der Waals surface area contributed by atoms with Crippen molar-refractivity contribution in [2.24, 2.45) is 0 Å². The molecule has 3 nitrogen and oxygen atoms in total. The van der Waals surface area contributed by atoms with E-state index in [0.29, 0.717) is 4.47 Å². The Bertz CT molecular complexity index is 338. The summed E-state index contributed by atoms with van der Waals surface area (Å²) in [4.78, 5) is 10.5. The molecular formula is C7H4BrClO3. The van der Waals surface area contributed by atoms with Crippen LogP contribution in [0.2, 0.25) is 5.02 Å². The fraction of sp³-hybridized carbons (Fsp3) is 0. The van der Waals surface area contributed by atoms with Gasteiger partial charge in [0.05, 0.1) is 5.02 Å². The van der Waals surface area contributed by atoms with E-state index in [-0.39, 0.29) is 16.3 Å². The normalized spacial score (nSPS) is 9.83. The molecule has 5 heteroatoms. The predicted octanol–water partition coefficient (Wildman–Crippen LogP) is 2.51. The molecule has 0 unspecified atom stereocenters. The Balaban J connectivity index is 3.43.